The summed E-state index contributed by atoms with van der Waals surface area (Å²) in [7, 11) is 0. The third-order valence-electron chi connectivity index (χ3n) is 13.4. The van der Waals surface area contributed by atoms with E-state index in [9.17, 15) is 0 Å². The first-order chi connectivity index (χ1) is 31.6. The van der Waals surface area contributed by atoms with E-state index >= 15 is 0 Å². The fourth-order valence-corrected chi connectivity index (χ4v) is 10.5. The SMILES string of the molecule is C\C=C/C=C1/C(=C2\C=C(c3cccc(-c4nc(-c5ccc6ccccc6c5)nc(-c5ccc6ccccc6c5)n4)c3)C=CC2C)C2(c3ccccc31)c1ccccc1-c1ccccc12. The van der Waals surface area contributed by atoms with Gasteiger partial charge in [0.1, 0.15) is 0 Å². The topological polar surface area (TPSA) is 38.7 Å². The molecule has 1 atom stereocenters. The van der Waals surface area contributed by atoms with E-state index in [0.29, 0.717) is 17.5 Å². The van der Waals surface area contributed by atoms with E-state index in [2.05, 4.69) is 232 Å². The third-order valence-corrected chi connectivity index (χ3v) is 13.4. The van der Waals surface area contributed by atoms with Crippen LogP contribution < -0.4 is 0 Å². The molecule has 0 aliphatic heterocycles. The van der Waals surface area contributed by atoms with Crippen LogP contribution in [0.2, 0.25) is 0 Å². The molecule has 64 heavy (non-hydrogen) atoms. The number of aromatic nitrogens is 3. The Hall–Kier alpha value is -8.01. The maximum Gasteiger partial charge on any atom is 0.164 e. The average molecular weight is 818 g/mol. The molecule has 0 saturated carbocycles. The highest BCUT2D eigenvalue weighted by atomic mass is 15.0. The fraction of sp³-hybridized carbons (Fsp3) is 0.0656. The van der Waals surface area contributed by atoms with E-state index in [1.54, 1.807) is 0 Å². The van der Waals surface area contributed by atoms with Crippen molar-refractivity contribution in [3.8, 4) is 45.3 Å². The fourth-order valence-electron chi connectivity index (χ4n) is 10.5. The summed E-state index contributed by atoms with van der Waals surface area (Å²) < 4.78 is 0. The van der Waals surface area contributed by atoms with Crippen LogP contribution in [0.15, 0.2) is 230 Å². The van der Waals surface area contributed by atoms with Crippen LogP contribution in [0.4, 0.5) is 0 Å². The van der Waals surface area contributed by atoms with Gasteiger partial charge in [-0.1, -0.05) is 207 Å². The van der Waals surface area contributed by atoms with E-state index in [0.717, 1.165) is 38.6 Å². The van der Waals surface area contributed by atoms with Gasteiger partial charge in [-0.2, -0.15) is 0 Å². The zero-order valence-electron chi connectivity index (χ0n) is 35.7. The van der Waals surface area contributed by atoms with Gasteiger partial charge in [-0.25, -0.2) is 15.0 Å². The normalized spacial score (nSPS) is 17.6. The van der Waals surface area contributed by atoms with Gasteiger partial charge in [0.25, 0.3) is 0 Å². The summed E-state index contributed by atoms with van der Waals surface area (Å²) in [6.07, 6.45) is 13.8. The predicted molar refractivity (Wildman–Crippen MR) is 265 cm³/mol. The van der Waals surface area contributed by atoms with Gasteiger partial charge in [-0.05, 0) is 114 Å². The Kier molecular flexibility index (Phi) is 8.91. The van der Waals surface area contributed by atoms with E-state index in [-0.39, 0.29) is 5.92 Å². The van der Waals surface area contributed by atoms with Gasteiger partial charge in [-0.15, -0.1) is 0 Å². The van der Waals surface area contributed by atoms with Crippen LogP contribution in [0.5, 0.6) is 0 Å². The van der Waals surface area contributed by atoms with Gasteiger partial charge in [0.2, 0.25) is 0 Å². The lowest BCUT2D eigenvalue weighted by Crippen LogP contribution is -2.28. The van der Waals surface area contributed by atoms with Crippen molar-refractivity contribution < 1.29 is 0 Å². The minimum absolute atomic E-state index is 0.166. The molecule has 1 heterocycles. The smallest absolute Gasteiger partial charge is 0.164 e. The molecular formula is C61H43N3. The molecule has 1 unspecified atom stereocenters. The predicted octanol–water partition coefficient (Wildman–Crippen LogP) is 15.1. The van der Waals surface area contributed by atoms with Crippen molar-refractivity contribution in [3.63, 3.8) is 0 Å². The summed E-state index contributed by atoms with van der Waals surface area (Å²) in [6.45, 7) is 4.44. The highest BCUT2D eigenvalue weighted by Crippen LogP contribution is 2.65. The molecule has 302 valence electrons. The van der Waals surface area contributed by atoms with E-state index in [1.165, 1.54) is 60.9 Å². The molecule has 0 radical (unpaired) electrons. The van der Waals surface area contributed by atoms with Gasteiger partial charge in [0.15, 0.2) is 17.5 Å². The van der Waals surface area contributed by atoms with Crippen LogP contribution in [-0.4, -0.2) is 15.0 Å². The Balaban J connectivity index is 1.05. The molecule has 0 bridgehead atoms. The van der Waals surface area contributed by atoms with Crippen molar-refractivity contribution in [2.24, 2.45) is 5.92 Å². The molecule has 0 N–H and O–H groups in total. The quantitative estimate of drug-likeness (QED) is 0.174. The summed E-state index contributed by atoms with van der Waals surface area (Å²) in [5.41, 5.74) is 16.5. The van der Waals surface area contributed by atoms with Gasteiger partial charge in [-0.3, -0.25) is 0 Å². The standard InChI is InChI=1S/C61H43N3/c1-3-4-22-52-51-25-11-14-28-56(51)61(54-26-12-9-23-49(54)50-24-10-13-27-55(50)61)57(52)53-38-45(30-29-39(53)2)44-20-15-21-46(37-44)58-62-59(47-33-31-40-16-5-7-18-42(40)35-47)64-60(63-58)48-34-32-41-17-6-8-19-43(41)36-48/h3-39H,1-2H3/b4-3-,52-22+,57-53-. The van der Waals surface area contributed by atoms with Crippen molar-refractivity contribution in [2.75, 3.05) is 0 Å². The average Bonchev–Trinajstić information content (AvgIpc) is 3.82. The number of hydrogen-bond acceptors (Lipinski definition) is 3. The molecule has 12 rings (SSSR count). The maximum absolute atomic E-state index is 5.21. The Morgan fingerprint density at radius 2 is 0.953 bits per heavy atom. The molecule has 8 aromatic carbocycles. The number of hydrogen-bond donors (Lipinski definition) is 0. The Morgan fingerprint density at radius 1 is 0.469 bits per heavy atom. The lowest BCUT2D eigenvalue weighted by molar-refractivity contribution is 0.758. The second-order valence-corrected chi connectivity index (χ2v) is 17.1. The van der Waals surface area contributed by atoms with Gasteiger partial charge in [0.05, 0.1) is 5.41 Å². The van der Waals surface area contributed by atoms with Crippen molar-refractivity contribution in [1.29, 1.82) is 0 Å². The van der Waals surface area contributed by atoms with Gasteiger partial charge in [0, 0.05) is 16.7 Å². The summed E-state index contributed by atoms with van der Waals surface area (Å²) in [5.74, 6) is 2.09. The molecule has 1 aromatic heterocycles. The Bertz CT molecular complexity index is 3400. The molecule has 1 spiro atoms. The summed E-state index contributed by atoms with van der Waals surface area (Å²) >= 11 is 0. The highest BCUT2D eigenvalue weighted by Gasteiger charge is 2.54. The number of rotatable bonds is 5. The first-order valence-corrected chi connectivity index (χ1v) is 22.2. The zero-order chi connectivity index (χ0) is 42.8. The van der Waals surface area contributed by atoms with Crippen LogP contribution in [0.3, 0.4) is 0 Å². The second-order valence-electron chi connectivity index (χ2n) is 17.1. The van der Waals surface area contributed by atoms with E-state index in [1.807, 2.05) is 0 Å². The largest absolute Gasteiger partial charge is 0.208 e. The van der Waals surface area contributed by atoms with Crippen LogP contribution in [0, 0.1) is 5.92 Å². The number of nitrogens with zero attached hydrogens (tertiary/aromatic N) is 3. The molecule has 0 saturated heterocycles. The Morgan fingerprint density at radius 3 is 1.53 bits per heavy atom. The maximum atomic E-state index is 5.21. The van der Waals surface area contributed by atoms with E-state index < -0.39 is 5.41 Å². The third kappa shape index (κ3) is 5.92. The molecule has 3 heteroatoms. The molecule has 0 amide bonds. The molecular weight excluding hydrogens is 775 g/mol. The minimum Gasteiger partial charge on any atom is -0.208 e. The zero-order valence-corrected chi connectivity index (χ0v) is 35.7. The number of benzene rings is 8. The lowest BCUT2D eigenvalue weighted by Gasteiger charge is -2.34. The Labute approximate surface area is 373 Å². The van der Waals surface area contributed by atoms with Gasteiger partial charge < -0.3 is 0 Å². The van der Waals surface area contributed by atoms with Crippen LogP contribution >= 0.6 is 0 Å². The summed E-state index contributed by atoms with van der Waals surface area (Å²) in [6, 6.07) is 65.6. The molecule has 3 aliphatic rings. The molecule has 3 aliphatic carbocycles. The first kappa shape index (κ1) is 37.7. The van der Waals surface area contributed by atoms with E-state index in [4.69, 9.17) is 15.0 Å². The van der Waals surface area contributed by atoms with Crippen molar-refractivity contribution in [3.05, 3.63) is 257 Å². The molecule has 9 aromatic rings. The van der Waals surface area contributed by atoms with Crippen LogP contribution in [0.1, 0.15) is 41.7 Å². The minimum atomic E-state index is -0.474. The highest BCUT2D eigenvalue weighted by molar-refractivity contribution is 6.02. The van der Waals surface area contributed by atoms with Crippen molar-refractivity contribution in [1.82, 2.24) is 15.0 Å². The van der Waals surface area contributed by atoms with Crippen molar-refractivity contribution >= 4 is 32.7 Å². The molecule has 3 nitrogen and oxygen atoms in total. The number of fused-ring (bicyclic) bond motifs is 9. The summed E-state index contributed by atoms with van der Waals surface area (Å²) in [5, 5.41) is 4.65. The lowest BCUT2D eigenvalue weighted by atomic mass is 9.67. The second kappa shape index (κ2) is 15.1. The monoisotopic (exact) mass is 817 g/mol. The summed E-state index contributed by atoms with van der Waals surface area (Å²) in [4.78, 5) is 15.6. The van der Waals surface area contributed by atoms with Crippen molar-refractivity contribution in [2.45, 2.75) is 19.3 Å². The van der Waals surface area contributed by atoms with Gasteiger partial charge >= 0.3 is 0 Å². The number of allylic oxidation sites excluding steroid dienone is 10. The van der Waals surface area contributed by atoms with Crippen LogP contribution in [-0.2, 0) is 5.41 Å². The first-order valence-electron chi connectivity index (χ1n) is 22.2. The molecule has 0 fully saturated rings. The van der Waals surface area contributed by atoms with Crippen LogP contribution in [0.25, 0.3) is 78.0 Å².